The molecule has 0 bridgehead atoms. The lowest BCUT2D eigenvalue weighted by Gasteiger charge is -2.28. The van der Waals surface area contributed by atoms with E-state index in [0.29, 0.717) is 12.8 Å². The van der Waals surface area contributed by atoms with Crippen molar-refractivity contribution in [1.82, 2.24) is 5.32 Å². The smallest absolute Gasteiger partial charge is 0.220 e. The summed E-state index contributed by atoms with van der Waals surface area (Å²) >= 11 is 1.78. The van der Waals surface area contributed by atoms with Crippen LogP contribution in [0.4, 0.5) is 0 Å². The van der Waals surface area contributed by atoms with Crippen LogP contribution in [-0.2, 0) is 21.1 Å². The molecule has 124 valence electrons. The Morgan fingerprint density at radius 3 is 2.77 bits per heavy atom. The molecule has 1 aromatic rings. The van der Waals surface area contributed by atoms with E-state index in [2.05, 4.69) is 24.4 Å². The van der Waals surface area contributed by atoms with Gasteiger partial charge < -0.3 is 5.32 Å². The van der Waals surface area contributed by atoms with Crippen LogP contribution in [0.3, 0.4) is 0 Å². The number of sulfone groups is 1. The van der Waals surface area contributed by atoms with Crippen molar-refractivity contribution in [1.29, 1.82) is 0 Å². The van der Waals surface area contributed by atoms with Gasteiger partial charge in [0.15, 0.2) is 0 Å². The first-order chi connectivity index (χ1) is 10.3. The number of hydrogen-bond donors (Lipinski definition) is 1. The number of hydrogen-bond acceptors (Lipinski definition) is 4. The lowest BCUT2D eigenvalue weighted by molar-refractivity contribution is -0.122. The van der Waals surface area contributed by atoms with Crippen LogP contribution in [0.2, 0.25) is 0 Å². The first-order valence-corrected chi connectivity index (χ1v) is 10.7. The summed E-state index contributed by atoms with van der Waals surface area (Å²) in [6, 6.07) is 4.24. The van der Waals surface area contributed by atoms with Crippen LogP contribution in [0.25, 0.3) is 0 Å². The fourth-order valence-electron chi connectivity index (χ4n) is 3.01. The Labute approximate surface area is 137 Å². The van der Waals surface area contributed by atoms with E-state index in [9.17, 15) is 13.2 Å². The number of carbonyl (C=O) groups is 1. The molecular weight excluding hydrogens is 318 g/mol. The Balaban J connectivity index is 1.72. The minimum absolute atomic E-state index is 0.0185. The van der Waals surface area contributed by atoms with Gasteiger partial charge in [0.2, 0.25) is 5.91 Å². The van der Waals surface area contributed by atoms with Gasteiger partial charge in [-0.15, -0.1) is 11.3 Å². The van der Waals surface area contributed by atoms with Gasteiger partial charge >= 0.3 is 0 Å². The second kappa shape index (κ2) is 7.59. The molecule has 0 radical (unpaired) electrons. The number of nitrogens with one attached hydrogen (secondary N) is 1. The summed E-state index contributed by atoms with van der Waals surface area (Å²) in [6.07, 6.45) is 6.63. The SMILES string of the molecule is Cc1ccc(CCCC(=O)N[C@H]2CCC[C@@H](S(C)(=O)=O)C2)s1. The highest BCUT2D eigenvalue weighted by atomic mass is 32.2. The second-order valence-electron chi connectivity index (χ2n) is 6.25. The number of amides is 1. The van der Waals surface area contributed by atoms with Crippen molar-refractivity contribution >= 4 is 27.1 Å². The standard InChI is InChI=1S/C16H25NO3S2/c1-12-9-10-14(21-12)6-4-8-16(18)17-13-5-3-7-15(11-13)22(2,19)20/h9-10,13,15H,3-8,11H2,1-2H3,(H,17,18)/t13-,15+/m0/s1. The Bertz CT molecular complexity index is 607. The summed E-state index contributed by atoms with van der Waals surface area (Å²) in [5, 5.41) is 2.72. The van der Waals surface area contributed by atoms with E-state index in [0.717, 1.165) is 32.1 Å². The van der Waals surface area contributed by atoms with Gasteiger partial charge in [0.1, 0.15) is 9.84 Å². The summed E-state index contributed by atoms with van der Waals surface area (Å²) in [4.78, 5) is 14.6. The quantitative estimate of drug-likeness (QED) is 0.864. The van der Waals surface area contributed by atoms with Crippen molar-refractivity contribution in [2.45, 2.75) is 63.2 Å². The fraction of sp³-hybridized carbons (Fsp3) is 0.688. The van der Waals surface area contributed by atoms with Gasteiger partial charge in [-0.05, 0) is 51.2 Å². The predicted octanol–water partition coefficient (Wildman–Crippen LogP) is 2.85. The van der Waals surface area contributed by atoms with Crippen LogP contribution >= 0.6 is 11.3 Å². The Morgan fingerprint density at radius 1 is 1.36 bits per heavy atom. The molecule has 1 amide bonds. The van der Waals surface area contributed by atoms with Crippen molar-refractivity contribution in [3.05, 3.63) is 21.9 Å². The highest BCUT2D eigenvalue weighted by Gasteiger charge is 2.29. The molecule has 0 saturated heterocycles. The van der Waals surface area contributed by atoms with Gasteiger partial charge in [-0.2, -0.15) is 0 Å². The van der Waals surface area contributed by atoms with Crippen LogP contribution in [0.1, 0.15) is 48.3 Å². The molecule has 4 nitrogen and oxygen atoms in total. The predicted molar refractivity (Wildman–Crippen MR) is 91.0 cm³/mol. The lowest BCUT2D eigenvalue weighted by Crippen LogP contribution is -2.41. The molecule has 1 saturated carbocycles. The third kappa shape index (κ3) is 5.39. The first-order valence-electron chi connectivity index (χ1n) is 7.88. The molecule has 1 N–H and O–H groups in total. The average molecular weight is 344 g/mol. The van der Waals surface area contributed by atoms with Crippen LogP contribution < -0.4 is 5.32 Å². The molecule has 2 atom stereocenters. The lowest BCUT2D eigenvalue weighted by atomic mass is 9.95. The van der Waals surface area contributed by atoms with E-state index >= 15 is 0 Å². The van der Waals surface area contributed by atoms with Gasteiger partial charge in [0.05, 0.1) is 5.25 Å². The normalized spacial score (nSPS) is 22.5. The highest BCUT2D eigenvalue weighted by Crippen LogP contribution is 2.24. The van der Waals surface area contributed by atoms with Gasteiger partial charge in [-0.25, -0.2) is 8.42 Å². The monoisotopic (exact) mass is 343 g/mol. The van der Waals surface area contributed by atoms with E-state index < -0.39 is 9.84 Å². The van der Waals surface area contributed by atoms with Crippen molar-refractivity contribution < 1.29 is 13.2 Å². The molecule has 1 aliphatic carbocycles. The summed E-state index contributed by atoms with van der Waals surface area (Å²) in [5.74, 6) is 0.0485. The fourth-order valence-corrected chi connectivity index (χ4v) is 5.12. The first kappa shape index (κ1) is 17.5. The average Bonchev–Trinajstić information content (AvgIpc) is 2.84. The zero-order chi connectivity index (χ0) is 16.2. The second-order valence-corrected chi connectivity index (χ2v) is 9.95. The molecule has 1 heterocycles. The maximum absolute atomic E-state index is 12.0. The topological polar surface area (TPSA) is 63.2 Å². The summed E-state index contributed by atoms with van der Waals surface area (Å²) in [7, 11) is -3.00. The van der Waals surface area contributed by atoms with E-state index in [1.54, 1.807) is 11.3 Å². The Morgan fingerprint density at radius 2 is 2.14 bits per heavy atom. The molecule has 0 unspecified atom stereocenters. The number of carbonyl (C=O) groups excluding carboxylic acids is 1. The molecular formula is C16H25NO3S2. The summed E-state index contributed by atoms with van der Waals surface area (Å²) < 4.78 is 23.3. The van der Waals surface area contributed by atoms with E-state index in [1.165, 1.54) is 16.0 Å². The molecule has 0 spiro atoms. The third-order valence-electron chi connectivity index (χ3n) is 4.22. The zero-order valence-electron chi connectivity index (χ0n) is 13.3. The minimum atomic E-state index is -3.00. The zero-order valence-corrected chi connectivity index (χ0v) is 14.9. The van der Waals surface area contributed by atoms with Gasteiger partial charge in [0, 0.05) is 28.5 Å². The molecule has 1 aromatic heterocycles. The van der Waals surface area contributed by atoms with Crippen LogP contribution in [-0.4, -0.2) is 31.9 Å². The van der Waals surface area contributed by atoms with Crippen LogP contribution in [0.15, 0.2) is 12.1 Å². The molecule has 22 heavy (non-hydrogen) atoms. The van der Waals surface area contributed by atoms with E-state index in [1.807, 2.05) is 0 Å². The van der Waals surface area contributed by atoms with E-state index in [-0.39, 0.29) is 17.2 Å². The van der Waals surface area contributed by atoms with E-state index in [4.69, 9.17) is 0 Å². The van der Waals surface area contributed by atoms with Gasteiger partial charge in [0.25, 0.3) is 0 Å². The highest BCUT2D eigenvalue weighted by molar-refractivity contribution is 7.91. The summed E-state index contributed by atoms with van der Waals surface area (Å²) in [5.41, 5.74) is 0. The van der Waals surface area contributed by atoms with Gasteiger partial charge in [-0.3, -0.25) is 4.79 Å². The minimum Gasteiger partial charge on any atom is -0.353 e. The molecule has 2 rings (SSSR count). The van der Waals surface area contributed by atoms with Crippen molar-refractivity contribution in [2.75, 3.05) is 6.26 Å². The maximum Gasteiger partial charge on any atom is 0.220 e. The molecule has 0 aromatic carbocycles. The molecule has 1 aliphatic rings. The largest absolute Gasteiger partial charge is 0.353 e. The third-order valence-corrected chi connectivity index (χ3v) is 6.92. The molecule has 0 aliphatic heterocycles. The van der Waals surface area contributed by atoms with Crippen molar-refractivity contribution in [3.63, 3.8) is 0 Å². The van der Waals surface area contributed by atoms with Crippen LogP contribution in [0, 0.1) is 6.92 Å². The summed E-state index contributed by atoms with van der Waals surface area (Å²) in [6.45, 7) is 2.09. The number of rotatable bonds is 6. The van der Waals surface area contributed by atoms with Gasteiger partial charge in [-0.1, -0.05) is 6.42 Å². The molecule has 6 heteroatoms. The van der Waals surface area contributed by atoms with Crippen LogP contribution in [0.5, 0.6) is 0 Å². The maximum atomic E-state index is 12.0. The number of thiophene rings is 1. The van der Waals surface area contributed by atoms with Crippen molar-refractivity contribution in [2.24, 2.45) is 0 Å². The number of aryl methyl sites for hydroxylation is 2. The van der Waals surface area contributed by atoms with Crippen molar-refractivity contribution in [3.8, 4) is 0 Å². The molecule has 1 fully saturated rings. The Hall–Kier alpha value is -0.880. The Kier molecular flexibility index (Phi) is 6.03.